The molecule has 1 saturated carbocycles. The SMILES string of the molecule is Cc1nc(-c2ccc(F)cc2Br)sc1CNC1CC1. The summed E-state index contributed by atoms with van der Waals surface area (Å²) in [6, 6.07) is 5.42. The molecule has 1 heterocycles. The monoisotopic (exact) mass is 340 g/mol. The molecule has 1 aromatic heterocycles. The molecule has 19 heavy (non-hydrogen) atoms. The summed E-state index contributed by atoms with van der Waals surface area (Å²) < 4.78 is 13.9. The van der Waals surface area contributed by atoms with Crippen LogP contribution in [0.5, 0.6) is 0 Å². The Morgan fingerprint density at radius 3 is 2.95 bits per heavy atom. The lowest BCUT2D eigenvalue weighted by atomic mass is 10.2. The fourth-order valence-corrected chi connectivity index (χ4v) is 3.62. The Morgan fingerprint density at radius 1 is 1.47 bits per heavy atom. The number of nitrogens with one attached hydrogen (secondary N) is 1. The third-order valence-electron chi connectivity index (χ3n) is 3.18. The van der Waals surface area contributed by atoms with Gasteiger partial charge >= 0.3 is 0 Å². The van der Waals surface area contributed by atoms with Gasteiger partial charge in [0, 0.05) is 27.5 Å². The van der Waals surface area contributed by atoms with Gasteiger partial charge < -0.3 is 5.32 Å². The summed E-state index contributed by atoms with van der Waals surface area (Å²) in [5.41, 5.74) is 2.01. The first kappa shape index (κ1) is 13.2. The molecule has 1 aliphatic rings. The van der Waals surface area contributed by atoms with Gasteiger partial charge in [0.1, 0.15) is 10.8 Å². The van der Waals surface area contributed by atoms with E-state index in [1.807, 2.05) is 6.92 Å². The largest absolute Gasteiger partial charge is 0.309 e. The molecular formula is C14H14BrFN2S. The fourth-order valence-electron chi connectivity index (χ4n) is 1.89. The third-order valence-corrected chi connectivity index (χ3v) is 5.03. The second kappa shape index (κ2) is 5.31. The van der Waals surface area contributed by atoms with Crippen LogP contribution in [0.1, 0.15) is 23.4 Å². The Balaban J connectivity index is 1.85. The van der Waals surface area contributed by atoms with Gasteiger partial charge in [-0.3, -0.25) is 0 Å². The Bertz CT molecular complexity index is 607. The first-order valence-corrected chi connectivity index (χ1v) is 7.89. The zero-order chi connectivity index (χ0) is 13.4. The highest BCUT2D eigenvalue weighted by Crippen LogP contribution is 2.33. The van der Waals surface area contributed by atoms with Crippen molar-refractivity contribution in [2.45, 2.75) is 32.4 Å². The van der Waals surface area contributed by atoms with Crippen molar-refractivity contribution >= 4 is 27.3 Å². The summed E-state index contributed by atoms with van der Waals surface area (Å²) in [4.78, 5) is 5.86. The molecule has 0 amide bonds. The maximum atomic E-state index is 13.1. The number of halogens is 2. The van der Waals surface area contributed by atoms with E-state index in [2.05, 4.69) is 26.2 Å². The first-order valence-electron chi connectivity index (χ1n) is 6.28. The summed E-state index contributed by atoms with van der Waals surface area (Å²) in [5, 5.41) is 4.44. The highest BCUT2D eigenvalue weighted by Gasteiger charge is 2.21. The van der Waals surface area contributed by atoms with Crippen molar-refractivity contribution in [2.75, 3.05) is 0 Å². The maximum absolute atomic E-state index is 13.1. The van der Waals surface area contributed by atoms with E-state index in [9.17, 15) is 4.39 Å². The molecule has 1 fully saturated rings. The lowest BCUT2D eigenvalue weighted by molar-refractivity contribution is 0.627. The second-order valence-corrected chi connectivity index (χ2v) is 6.74. The van der Waals surface area contributed by atoms with Crippen LogP contribution < -0.4 is 5.32 Å². The van der Waals surface area contributed by atoms with E-state index < -0.39 is 0 Å². The highest BCUT2D eigenvalue weighted by atomic mass is 79.9. The van der Waals surface area contributed by atoms with Gasteiger partial charge in [-0.25, -0.2) is 9.37 Å². The lowest BCUT2D eigenvalue weighted by Crippen LogP contribution is -2.14. The molecule has 0 saturated heterocycles. The van der Waals surface area contributed by atoms with Crippen molar-refractivity contribution in [3.05, 3.63) is 39.1 Å². The summed E-state index contributed by atoms with van der Waals surface area (Å²) in [6.07, 6.45) is 2.57. The van der Waals surface area contributed by atoms with Crippen molar-refractivity contribution in [1.82, 2.24) is 10.3 Å². The normalized spacial score (nSPS) is 14.9. The average molecular weight is 341 g/mol. The minimum atomic E-state index is -0.237. The quantitative estimate of drug-likeness (QED) is 0.898. The molecule has 1 aromatic carbocycles. The molecular weight excluding hydrogens is 327 g/mol. The van der Waals surface area contributed by atoms with Gasteiger partial charge in [0.15, 0.2) is 0 Å². The van der Waals surface area contributed by atoms with E-state index in [1.54, 1.807) is 17.4 Å². The molecule has 2 nitrogen and oxygen atoms in total. The van der Waals surface area contributed by atoms with E-state index in [4.69, 9.17) is 0 Å². The number of aromatic nitrogens is 1. The molecule has 0 atom stereocenters. The van der Waals surface area contributed by atoms with Crippen LogP contribution in [0.3, 0.4) is 0 Å². The number of nitrogens with zero attached hydrogens (tertiary/aromatic N) is 1. The fraction of sp³-hybridized carbons (Fsp3) is 0.357. The van der Waals surface area contributed by atoms with Gasteiger partial charge in [0.05, 0.1) is 5.69 Å². The van der Waals surface area contributed by atoms with Gasteiger partial charge in [-0.15, -0.1) is 11.3 Å². The predicted octanol–water partition coefficient (Wildman–Crippen LogP) is 4.27. The minimum Gasteiger partial charge on any atom is -0.309 e. The predicted molar refractivity (Wildman–Crippen MR) is 79.8 cm³/mol. The Labute approximate surface area is 124 Å². The standard InChI is InChI=1S/C14H14BrFN2S/c1-8-13(7-17-10-3-4-10)19-14(18-8)11-5-2-9(16)6-12(11)15/h2,5-6,10,17H,3-4,7H2,1H3. The van der Waals surface area contributed by atoms with Crippen LogP contribution in [0.25, 0.3) is 10.6 Å². The number of thiazole rings is 1. The molecule has 0 spiro atoms. The van der Waals surface area contributed by atoms with Gasteiger partial charge in [-0.05, 0) is 53.9 Å². The number of aryl methyl sites for hydroxylation is 1. The highest BCUT2D eigenvalue weighted by molar-refractivity contribution is 9.10. The average Bonchev–Trinajstić information content (AvgIpc) is 3.11. The minimum absolute atomic E-state index is 0.237. The van der Waals surface area contributed by atoms with Crippen molar-refractivity contribution < 1.29 is 4.39 Å². The molecule has 5 heteroatoms. The van der Waals surface area contributed by atoms with Crippen molar-refractivity contribution in [3.63, 3.8) is 0 Å². The lowest BCUT2D eigenvalue weighted by Gasteiger charge is -2.00. The van der Waals surface area contributed by atoms with Gasteiger partial charge in [0.2, 0.25) is 0 Å². The van der Waals surface area contributed by atoms with Gasteiger partial charge in [-0.2, -0.15) is 0 Å². The molecule has 0 radical (unpaired) electrons. The number of hydrogen-bond donors (Lipinski definition) is 1. The van der Waals surface area contributed by atoms with E-state index in [0.29, 0.717) is 6.04 Å². The van der Waals surface area contributed by atoms with Gasteiger partial charge in [-0.1, -0.05) is 0 Å². The van der Waals surface area contributed by atoms with Crippen LogP contribution >= 0.6 is 27.3 Å². The molecule has 3 rings (SSSR count). The summed E-state index contributed by atoms with van der Waals surface area (Å²) in [6.45, 7) is 2.91. The number of benzene rings is 1. The zero-order valence-electron chi connectivity index (χ0n) is 10.5. The Hall–Kier alpha value is -0.780. The molecule has 100 valence electrons. The van der Waals surface area contributed by atoms with Crippen LogP contribution in [0.4, 0.5) is 4.39 Å². The van der Waals surface area contributed by atoms with Crippen molar-refractivity contribution in [3.8, 4) is 10.6 Å². The smallest absolute Gasteiger partial charge is 0.125 e. The summed E-state index contributed by atoms with van der Waals surface area (Å²) in [5.74, 6) is -0.237. The van der Waals surface area contributed by atoms with Crippen LogP contribution in [0, 0.1) is 12.7 Å². The second-order valence-electron chi connectivity index (χ2n) is 4.81. The molecule has 0 aliphatic heterocycles. The van der Waals surface area contributed by atoms with Gasteiger partial charge in [0.25, 0.3) is 0 Å². The first-order chi connectivity index (χ1) is 9.13. The molecule has 0 unspecified atom stereocenters. The zero-order valence-corrected chi connectivity index (χ0v) is 12.9. The number of rotatable bonds is 4. The molecule has 1 aliphatic carbocycles. The van der Waals surface area contributed by atoms with Crippen LogP contribution in [-0.2, 0) is 6.54 Å². The topological polar surface area (TPSA) is 24.9 Å². The molecule has 0 bridgehead atoms. The maximum Gasteiger partial charge on any atom is 0.125 e. The van der Waals surface area contributed by atoms with E-state index in [-0.39, 0.29) is 5.82 Å². The van der Waals surface area contributed by atoms with Crippen molar-refractivity contribution in [1.29, 1.82) is 0 Å². The molecule has 1 N–H and O–H groups in total. The van der Waals surface area contributed by atoms with E-state index in [1.165, 1.54) is 29.9 Å². The molecule has 2 aromatic rings. The summed E-state index contributed by atoms with van der Waals surface area (Å²) >= 11 is 5.08. The van der Waals surface area contributed by atoms with E-state index in [0.717, 1.165) is 27.3 Å². The number of hydrogen-bond acceptors (Lipinski definition) is 3. The third kappa shape index (κ3) is 3.04. The van der Waals surface area contributed by atoms with Crippen LogP contribution in [0.15, 0.2) is 22.7 Å². The van der Waals surface area contributed by atoms with E-state index >= 15 is 0 Å². The Kier molecular flexibility index (Phi) is 3.69. The Morgan fingerprint density at radius 2 is 2.26 bits per heavy atom. The van der Waals surface area contributed by atoms with Crippen LogP contribution in [-0.4, -0.2) is 11.0 Å². The van der Waals surface area contributed by atoms with Crippen LogP contribution in [0.2, 0.25) is 0 Å². The summed E-state index contributed by atoms with van der Waals surface area (Å²) in [7, 11) is 0. The van der Waals surface area contributed by atoms with Crippen molar-refractivity contribution in [2.24, 2.45) is 0 Å².